The van der Waals surface area contributed by atoms with Crippen LogP contribution in [0.2, 0.25) is 10.0 Å². The van der Waals surface area contributed by atoms with Crippen LogP contribution in [-0.4, -0.2) is 34.2 Å². The number of hydrogen-bond acceptors (Lipinski definition) is 4. The number of carbonyl (C=O) groups is 2. The highest BCUT2D eigenvalue weighted by Crippen LogP contribution is 2.38. The molecule has 5 nitrogen and oxygen atoms in total. The normalized spacial score (nSPS) is 18.2. The molecule has 0 bridgehead atoms. The Morgan fingerprint density at radius 3 is 2.50 bits per heavy atom. The van der Waals surface area contributed by atoms with Gasteiger partial charge in [-0.15, -0.1) is 0 Å². The van der Waals surface area contributed by atoms with Crippen molar-refractivity contribution in [2.24, 2.45) is 4.99 Å². The lowest BCUT2D eigenvalue weighted by molar-refractivity contribution is -0.137. The first-order chi connectivity index (χ1) is 14.0. The summed E-state index contributed by atoms with van der Waals surface area (Å²) in [4.78, 5) is 30.1. The number of hydrogen-bond donors (Lipinski definition) is 1. The average Bonchev–Trinajstić information content (AvgIpc) is 2.92. The molecule has 2 aromatic rings. The molecule has 0 aliphatic carbocycles. The molecule has 1 fully saturated rings. The molecule has 2 aromatic carbocycles. The van der Waals surface area contributed by atoms with E-state index in [-0.39, 0.29) is 29.1 Å². The van der Waals surface area contributed by atoms with E-state index in [0.717, 1.165) is 23.9 Å². The Hall–Kier alpha value is -2.23. The van der Waals surface area contributed by atoms with Crippen LogP contribution in [0.4, 0.5) is 24.5 Å². The van der Waals surface area contributed by atoms with Crippen molar-refractivity contribution in [3.8, 4) is 0 Å². The van der Waals surface area contributed by atoms with Gasteiger partial charge in [-0.25, -0.2) is 4.99 Å². The van der Waals surface area contributed by atoms with Gasteiger partial charge in [-0.05, 0) is 42.5 Å². The number of anilines is 1. The molecule has 11 heteroatoms. The van der Waals surface area contributed by atoms with Crippen LogP contribution in [-0.2, 0) is 15.8 Å². The van der Waals surface area contributed by atoms with Crippen molar-refractivity contribution in [2.45, 2.75) is 17.8 Å². The molecule has 2 amide bonds. The third kappa shape index (κ3) is 5.27. The molecule has 0 saturated carbocycles. The van der Waals surface area contributed by atoms with E-state index in [1.54, 1.807) is 24.3 Å². The second-order valence-corrected chi connectivity index (χ2v) is 8.33. The second kappa shape index (κ2) is 8.87. The highest BCUT2D eigenvalue weighted by molar-refractivity contribution is 8.15. The highest BCUT2D eigenvalue weighted by Gasteiger charge is 2.37. The predicted octanol–water partition coefficient (Wildman–Crippen LogP) is 5.60. The topological polar surface area (TPSA) is 61.8 Å². The fraction of sp³-hybridized carbons (Fsp3) is 0.211. The number of carbonyl (C=O) groups excluding carboxylic acids is 2. The molecule has 0 aromatic heterocycles. The summed E-state index contributed by atoms with van der Waals surface area (Å²) in [6.45, 7) is 0. The van der Waals surface area contributed by atoms with Gasteiger partial charge in [-0.2, -0.15) is 13.2 Å². The van der Waals surface area contributed by atoms with Crippen LogP contribution in [0.3, 0.4) is 0 Å². The quantitative estimate of drug-likeness (QED) is 0.625. The molecule has 158 valence electrons. The van der Waals surface area contributed by atoms with Gasteiger partial charge in [0.25, 0.3) is 0 Å². The smallest absolute Gasteiger partial charge is 0.326 e. The van der Waals surface area contributed by atoms with Gasteiger partial charge >= 0.3 is 6.18 Å². The van der Waals surface area contributed by atoms with E-state index in [0.29, 0.717) is 10.7 Å². The molecular weight excluding hydrogens is 462 g/mol. The zero-order valence-corrected chi connectivity index (χ0v) is 17.7. The van der Waals surface area contributed by atoms with Gasteiger partial charge < -0.3 is 5.32 Å². The number of halogens is 5. The summed E-state index contributed by atoms with van der Waals surface area (Å²) in [6, 6.07) is 9.73. The van der Waals surface area contributed by atoms with E-state index >= 15 is 0 Å². The van der Waals surface area contributed by atoms with E-state index in [2.05, 4.69) is 10.3 Å². The van der Waals surface area contributed by atoms with Crippen LogP contribution in [0.25, 0.3) is 0 Å². The molecule has 1 N–H and O–H groups in total. The Morgan fingerprint density at radius 2 is 1.87 bits per heavy atom. The first-order valence-corrected chi connectivity index (χ1v) is 10.1. The zero-order chi connectivity index (χ0) is 22.1. The van der Waals surface area contributed by atoms with Gasteiger partial charge in [0, 0.05) is 24.2 Å². The minimum Gasteiger partial charge on any atom is -0.326 e. The number of rotatable bonds is 4. The van der Waals surface area contributed by atoms with Gasteiger partial charge in [0.05, 0.1) is 16.3 Å². The fourth-order valence-corrected chi connectivity index (χ4v) is 4.13. The molecule has 0 spiro atoms. The molecule has 0 unspecified atom stereocenters. The van der Waals surface area contributed by atoms with Crippen molar-refractivity contribution >= 4 is 63.3 Å². The molecule has 0 radical (unpaired) electrons. The molecule has 1 atom stereocenters. The lowest BCUT2D eigenvalue weighted by Gasteiger charge is -2.11. The summed E-state index contributed by atoms with van der Waals surface area (Å²) < 4.78 is 39.1. The van der Waals surface area contributed by atoms with Gasteiger partial charge in [0.2, 0.25) is 11.8 Å². The molecule has 1 aliphatic rings. The molecule has 1 aliphatic heterocycles. The summed E-state index contributed by atoms with van der Waals surface area (Å²) in [5.74, 6) is -0.751. The van der Waals surface area contributed by atoms with Gasteiger partial charge in [0.15, 0.2) is 5.17 Å². The Bertz CT molecular complexity index is 1010. The fourth-order valence-electron chi connectivity index (χ4n) is 2.62. The minimum atomic E-state index is -4.62. The predicted molar refractivity (Wildman–Crippen MR) is 112 cm³/mol. The van der Waals surface area contributed by atoms with Crippen LogP contribution in [0.15, 0.2) is 47.5 Å². The number of amides is 2. The van der Waals surface area contributed by atoms with Crippen LogP contribution < -0.4 is 5.32 Å². The summed E-state index contributed by atoms with van der Waals surface area (Å²) in [6.07, 6.45) is -4.75. The maximum Gasteiger partial charge on any atom is 0.417 e. The van der Waals surface area contributed by atoms with Crippen LogP contribution in [0.1, 0.15) is 12.0 Å². The minimum absolute atomic E-state index is 0.000130. The second-order valence-electron chi connectivity index (χ2n) is 6.32. The molecule has 30 heavy (non-hydrogen) atoms. The molecule has 1 saturated heterocycles. The van der Waals surface area contributed by atoms with E-state index in [1.165, 1.54) is 18.0 Å². The first-order valence-electron chi connectivity index (χ1n) is 8.49. The first kappa shape index (κ1) is 22.5. The van der Waals surface area contributed by atoms with Crippen molar-refractivity contribution in [1.29, 1.82) is 0 Å². The Balaban J connectivity index is 1.72. The molecular formula is C19H14Cl2F3N3O2S. The van der Waals surface area contributed by atoms with Crippen molar-refractivity contribution < 1.29 is 22.8 Å². The zero-order valence-electron chi connectivity index (χ0n) is 15.3. The maximum atomic E-state index is 13.0. The van der Waals surface area contributed by atoms with Gasteiger partial charge in [0.1, 0.15) is 5.25 Å². The van der Waals surface area contributed by atoms with E-state index in [9.17, 15) is 22.8 Å². The Labute approximate surface area is 184 Å². The number of nitrogens with one attached hydrogen (secondary N) is 1. The third-order valence-corrected chi connectivity index (χ3v) is 5.93. The lowest BCUT2D eigenvalue weighted by Crippen LogP contribution is -2.30. The highest BCUT2D eigenvalue weighted by atomic mass is 35.5. The summed E-state index contributed by atoms with van der Waals surface area (Å²) in [5, 5.41) is 2.20. The summed E-state index contributed by atoms with van der Waals surface area (Å²) in [7, 11) is 1.45. The van der Waals surface area contributed by atoms with Crippen LogP contribution in [0.5, 0.6) is 0 Å². The van der Waals surface area contributed by atoms with Gasteiger partial charge in [-0.1, -0.05) is 35.0 Å². The number of nitrogens with zero attached hydrogens (tertiary/aromatic N) is 2. The average molecular weight is 476 g/mol. The number of aliphatic imine (C=N–C) groups is 1. The lowest BCUT2D eigenvalue weighted by atomic mass is 10.2. The van der Waals surface area contributed by atoms with Gasteiger partial charge in [-0.3, -0.25) is 14.5 Å². The largest absolute Gasteiger partial charge is 0.417 e. The van der Waals surface area contributed by atoms with Crippen molar-refractivity contribution in [3.63, 3.8) is 0 Å². The molecule has 3 rings (SSSR count). The Morgan fingerprint density at radius 1 is 1.20 bits per heavy atom. The maximum absolute atomic E-state index is 13.0. The summed E-state index contributed by atoms with van der Waals surface area (Å²) >= 11 is 12.4. The van der Waals surface area contributed by atoms with E-state index < -0.39 is 22.0 Å². The van der Waals surface area contributed by atoms with Crippen LogP contribution >= 0.6 is 35.0 Å². The van der Waals surface area contributed by atoms with E-state index in [1.807, 2.05) is 0 Å². The number of amidine groups is 1. The third-order valence-electron chi connectivity index (χ3n) is 4.12. The monoisotopic (exact) mass is 475 g/mol. The number of alkyl halides is 3. The standard InChI is InChI=1S/C19H14Cl2F3N3O2S/c1-27-17(29)15(9-16(28)25-11-4-2-10(20)3-5-11)30-18(27)26-12-6-7-14(21)13(8-12)19(22,23)24/h2-8,15H,9H2,1H3,(H,25,28)/t15-/m1/s1. The Kier molecular flexibility index (Phi) is 6.64. The molecule has 1 heterocycles. The number of thioether (sulfide) groups is 1. The van der Waals surface area contributed by atoms with Crippen molar-refractivity contribution in [3.05, 3.63) is 58.1 Å². The summed E-state index contributed by atoms with van der Waals surface area (Å²) in [5.41, 5.74) is -0.482. The van der Waals surface area contributed by atoms with Crippen molar-refractivity contribution in [2.75, 3.05) is 12.4 Å². The SMILES string of the molecule is CN1C(=O)[C@@H](CC(=O)Nc2ccc(Cl)cc2)SC1=Nc1ccc(Cl)c(C(F)(F)F)c1. The van der Waals surface area contributed by atoms with Crippen molar-refractivity contribution in [1.82, 2.24) is 4.90 Å². The number of benzene rings is 2. The van der Waals surface area contributed by atoms with E-state index in [4.69, 9.17) is 23.2 Å². The van der Waals surface area contributed by atoms with Crippen LogP contribution in [0, 0.1) is 0 Å².